The average molecular weight is 356 g/mol. The van der Waals surface area contributed by atoms with Crippen molar-refractivity contribution >= 4 is 27.7 Å². The average Bonchev–Trinajstić information content (AvgIpc) is 2.50. The van der Waals surface area contributed by atoms with Gasteiger partial charge in [-0.3, -0.25) is 0 Å². The minimum absolute atomic E-state index is 0.684. The minimum Gasteiger partial charge on any atom is -0.313 e. The van der Waals surface area contributed by atoms with Crippen molar-refractivity contribution in [2.75, 3.05) is 12.3 Å². The second-order valence-corrected chi connectivity index (χ2v) is 7.73. The number of thioether (sulfide) groups is 1. The smallest absolute Gasteiger partial charge is 0.0189 e. The van der Waals surface area contributed by atoms with Gasteiger partial charge in [0, 0.05) is 21.2 Å². The highest BCUT2D eigenvalue weighted by Gasteiger charge is 2.23. The molecule has 0 bridgehead atoms. The van der Waals surface area contributed by atoms with Crippen LogP contribution in [0.15, 0.2) is 33.6 Å². The van der Waals surface area contributed by atoms with Crippen molar-refractivity contribution in [1.29, 1.82) is 0 Å². The summed E-state index contributed by atoms with van der Waals surface area (Å²) in [7, 11) is 0. The highest BCUT2D eigenvalue weighted by Crippen LogP contribution is 2.30. The number of nitrogens with one attached hydrogen (secondary N) is 1. The quantitative estimate of drug-likeness (QED) is 0.649. The zero-order valence-electron chi connectivity index (χ0n) is 12.4. The Morgan fingerprint density at radius 2 is 1.90 bits per heavy atom. The lowest BCUT2D eigenvalue weighted by Gasteiger charge is -2.31. The molecule has 0 heterocycles. The molecule has 112 valence electrons. The highest BCUT2D eigenvalue weighted by atomic mass is 79.9. The Morgan fingerprint density at radius 3 is 2.55 bits per heavy atom. The van der Waals surface area contributed by atoms with Gasteiger partial charge in [-0.25, -0.2) is 0 Å². The minimum atomic E-state index is 0.684. The fraction of sp³-hybridized carbons (Fsp3) is 0.647. The van der Waals surface area contributed by atoms with E-state index in [1.807, 2.05) is 11.8 Å². The van der Waals surface area contributed by atoms with Crippen LogP contribution in [-0.4, -0.2) is 18.3 Å². The van der Waals surface area contributed by atoms with E-state index in [0.717, 1.165) is 16.9 Å². The van der Waals surface area contributed by atoms with Gasteiger partial charge < -0.3 is 5.32 Å². The second-order valence-electron chi connectivity index (χ2n) is 5.72. The van der Waals surface area contributed by atoms with Crippen LogP contribution in [0.5, 0.6) is 0 Å². The number of benzene rings is 1. The molecule has 1 unspecified atom stereocenters. The largest absolute Gasteiger partial charge is 0.313 e. The third-order valence-electron chi connectivity index (χ3n) is 4.12. The van der Waals surface area contributed by atoms with E-state index in [1.54, 1.807) is 0 Å². The van der Waals surface area contributed by atoms with Crippen LogP contribution in [0, 0.1) is 5.92 Å². The van der Waals surface area contributed by atoms with Crippen molar-refractivity contribution in [3.05, 3.63) is 28.7 Å². The Bertz CT molecular complexity index is 373. The van der Waals surface area contributed by atoms with Crippen LogP contribution in [0.3, 0.4) is 0 Å². The molecule has 1 saturated carbocycles. The Kier molecular flexibility index (Phi) is 7.47. The number of rotatable bonds is 7. The molecule has 0 radical (unpaired) electrons. The molecule has 0 amide bonds. The van der Waals surface area contributed by atoms with Crippen LogP contribution in [0.4, 0.5) is 0 Å². The summed E-state index contributed by atoms with van der Waals surface area (Å²) in [4.78, 5) is 1.38. The summed E-state index contributed by atoms with van der Waals surface area (Å²) in [6.45, 7) is 3.41. The molecule has 1 aromatic rings. The molecule has 0 saturated heterocycles. The Labute approximate surface area is 136 Å². The van der Waals surface area contributed by atoms with Gasteiger partial charge >= 0.3 is 0 Å². The third-order valence-corrected chi connectivity index (χ3v) is 5.78. The van der Waals surface area contributed by atoms with Crippen molar-refractivity contribution in [3.8, 4) is 0 Å². The summed E-state index contributed by atoms with van der Waals surface area (Å²) >= 11 is 5.50. The summed E-state index contributed by atoms with van der Waals surface area (Å²) in [5, 5.41) is 3.79. The predicted molar refractivity (Wildman–Crippen MR) is 93.5 cm³/mol. The van der Waals surface area contributed by atoms with Crippen LogP contribution >= 0.6 is 27.7 Å². The first-order valence-corrected chi connectivity index (χ1v) is 9.69. The van der Waals surface area contributed by atoms with Crippen molar-refractivity contribution < 1.29 is 0 Å². The van der Waals surface area contributed by atoms with E-state index in [1.165, 1.54) is 49.2 Å². The number of hydrogen-bond donors (Lipinski definition) is 1. The molecule has 1 atom stereocenters. The maximum Gasteiger partial charge on any atom is 0.0189 e. The molecule has 1 aliphatic rings. The standard InChI is InChI=1S/C17H26BrNS/c1-2-12-19-17(14-6-4-3-5-7-14)13-20-16-10-8-15(18)9-11-16/h8-11,14,17,19H,2-7,12-13H2,1H3. The van der Waals surface area contributed by atoms with E-state index in [2.05, 4.69) is 52.4 Å². The zero-order chi connectivity index (χ0) is 14.2. The SMILES string of the molecule is CCCNC(CSc1ccc(Br)cc1)C1CCCCC1. The van der Waals surface area contributed by atoms with Crippen LogP contribution in [-0.2, 0) is 0 Å². The first-order chi connectivity index (χ1) is 9.79. The molecule has 20 heavy (non-hydrogen) atoms. The Hall–Kier alpha value is 0.01000. The van der Waals surface area contributed by atoms with Gasteiger partial charge in [0.05, 0.1) is 0 Å². The van der Waals surface area contributed by atoms with Crippen molar-refractivity contribution in [1.82, 2.24) is 5.32 Å². The molecular formula is C17H26BrNS. The van der Waals surface area contributed by atoms with E-state index < -0.39 is 0 Å². The maximum atomic E-state index is 3.79. The summed E-state index contributed by atoms with van der Waals surface area (Å²) in [5.41, 5.74) is 0. The summed E-state index contributed by atoms with van der Waals surface area (Å²) < 4.78 is 1.16. The van der Waals surface area contributed by atoms with Gasteiger partial charge in [-0.1, -0.05) is 42.1 Å². The van der Waals surface area contributed by atoms with Gasteiger partial charge in [-0.05, 0) is 56.0 Å². The Morgan fingerprint density at radius 1 is 1.20 bits per heavy atom. The lowest BCUT2D eigenvalue weighted by molar-refractivity contribution is 0.285. The highest BCUT2D eigenvalue weighted by molar-refractivity contribution is 9.10. The van der Waals surface area contributed by atoms with E-state index in [0.29, 0.717) is 6.04 Å². The van der Waals surface area contributed by atoms with Crippen molar-refractivity contribution in [2.45, 2.75) is 56.4 Å². The Balaban J connectivity index is 1.87. The molecule has 2 rings (SSSR count). The van der Waals surface area contributed by atoms with Gasteiger partial charge in [-0.15, -0.1) is 11.8 Å². The van der Waals surface area contributed by atoms with Crippen LogP contribution in [0.2, 0.25) is 0 Å². The van der Waals surface area contributed by atoms with Crippen molar-refractivity contribution in [2.24, 2.45) is 5.92 Å². The molecule has 0 aromatic heterocycles. The van der Waals surface area contributed by atoms with Gasteiger partial charge in [-0.2, -0.15) is 0 Å². The predicted octanol–water partition coefficient (Wildman–Crippen LogP) is 5.49. The third kappa shape index (κ3) is 5.42. The van der Waals surface area contributed by atoms with Gasteiger partial charge in [0.15, 0.2) is 0 Å². The van der Waals surface area contributed by atoms with Gasteiger partial charge in [0.1, 0.15) is 0 Å². The fourth-order valence-electron chi connectivity index (χ4n) is 2.94. The van der Waals surface area contributed by atoms with Crippen molar-refractivity contribution in [3.63, 3.8) is 0 Å². The van der Waals surface area contributed by atoms with E-state index in [9.17, 15) is 0 Å². The molecule has 1 N–H and O–H groups in total. The molecule has 3 heteroatoms. The molecular weight excluding hydrogens is 330 g/mol. The fourth-order valence-corrected chi connectivity index (χ4v) is 4.30. The topological polar surface area (TPSA) is 12.0 Å². The first kappa shape index (κ1) is 16.4. The molecule has 0 spiro atoms. The van der Waals surface area contributed by atoms with Crippen LogP contribution < -0.4 is 5.32 Å². The lowest BCUT2D eigenvalue weighted by atomic mass is 9.84. The van der Waals surface area contributed by atoms with Gasteiger partial charge in [0.25, 0.3) is 0 Å². The summed E-state index contributed by atoms with van der Waals surface area (Å²) in [5.74, 6) is 2.09. The normalized spacial score (nSPS) is 18.1. The zero-order valence-corrected chi connectivity index (χ0v) is 14.8. The molecule has 0 aliphatic heterocycles. The molecule has 1 aromatic carbocycles. The van der Waals surface area contributed by atoms with Crippen LogP contribution in [0.25, 0.3) is 0 Å². The second kappa shape index (κ2) is 9.11. The maximum absolute atomic E-state index is 3.79. The van der Waals surface area contributed by atoms with E-state index >= 15 is 0 Å². The summed E-state index contributed by atoms with van der Waals surface area (Å²) in [6, 6.07) is 9.39. The first-order valence-electron chi connectivity index (χ1n) is 7.91. The lowest BCUT2D eigenvalue weighted by Crippen LogP contribution is -2.39. The molecule has 1 nitrogen and oxygen atoms in total. The van der Waals surface area contributed by atoms with E-state index in [4.69, 9.17) is 0 Å². The molecule has 1 fully saturated rings. The number of hydrogen-bond acceptors (Lipinski definition) is 2. The number of halogens is 1. The monoisotopic (exact) mass is 355 g/mol. The molecule has 1 aliphatic carbocycles. The van der Waals surface area contributed by atoms with Crippen LogP contribution in [0.1, 0.15) is 45.4 Å². The summed E-state index contributed by atoms with van der Waals surface area (Å²) in [6.07, 6.45) is 8.36. The van der Waals surface area contributed by atoms with E-state index in [-0.39, 0.29) is 0 Å². The van der Waals surface area contributed by atoms with Gasteiger partial charge in [0.2, 0.25) is 0 Å².